The maximum Gasteiger partial charge on any atom is 0.246 e. The minimum atomic E-state index is -3.86. The molecular formula is C13H16ClN5O4S. The van der Waals surface area contributed by atoms with Crippen LogP contribution in [0.4, 0.5) is 5.82 Å². The summed E-state index contributed by atoms with van der Waals surface area (Å²) in [5.41, 5.74) is 5.70. The average molecular weight is 374 g/mol. The summed E-state index contributed by atoms with van der Waals surface area (Å²) >= 11 is 5.85. The molecule has 1 atom stereocenters. The van der Waals surface area contributed by atoms with E-state index in [2.05, 4.69) is 15.2 Å². The molecule has 130 valence electrons. The smallest absolute Gasteiger partial charge is 0.246 e. The number of rotatable bonds is 4. The van der Waals surface area contributed by atoms with E-state index in [1.165, 1.54) is 16.6 Å². The van der Waals surface area contributed by atoms with Crippen LogP contribution in [0.25, 0.3) is 0 Å². The predicted molar refractivity (Wildman–Crippen MR) is 84.8 cm³/mol. The van der Waals surface area contributed by atoms with Crippen molar-refractivity contribution in [1.82, 2.24) is 19.5 Å². The highest BCUT2D eigenvalue weighted by molar-refractivity contribution is 7.89. The largest absolute Gasteiger partial charge is 0.422 e. The molecule has 2 aromatic rings. The number of sulfonamides is 1. The van der Waals surface area contributed by atoms with Crippen molar-refractivity contribution in [2.45, 2.75) is 24.3 Å². The number of hydrogen-bond acceptors (Lipinski definition) is 8. The van der Waals surface area contributed by atoms with Crippen LogP contribution < -0.4 is 5.73 Å². The minimum Gasteiger partial charge on any atom is -0.422 e. The van der Waals surface area contributed by atoms with Gasteiger partial charge in [-0.3, -0.25) is 0 Å². The van der Waals surface area contributed by atoms with Gasteiger partial charge in [-0.15, -0.1) is 10.2 Å². The zero-order valence-electron chi connectivity index (χ0n) is 12.8. The van der Waals surface area contributed by atoms with Gasteiger partial charge in [0, 0.05) is 25.7 Å². The van der Waals surface area contributed by atoms with Crippen molar-refractivity contribution in [3.63, 3.8) is 0 Å². The van der Waals surface area contributed by atoms with Crippen molar-refractivity contribution >= 4 is 27.4 Å². The van der Waals surface area contributed by atoms with Crippen LogP contribution in [-0.2, 0) is 21.2 Å². The van der Waals surface area contributed by atoms with Gasteiger partial charge in [0.15, 0.2) is 0 Å². The number of ether oxygens (including phenoxy) is 1. The first kappa shape index (κ1) is 17.1. The van der Waals surface area contributed by atoms with Crippen molar-refractivity contribution in [2.75, 3.05) is 25.4 Å². The predicted octanol–water partition coefficient (Wildman–Crippen LogP) is 1.02. The van der Waals surface area contributed by atoms with Gasteiger partial charge in [-0.05, 0) is 6.07 Å². The van der Waals surface area contributed by atoms with E-state index in [4.69, 9.17) is 26.5 Å². The molecule has 0 bridgehead atoms. The molecule has 0 spiro atoms. The van der Waals surface area contributed by atoms with E-state index in [1.54, 1.807) is 0 Å². The van der Waals surface area contributed by atoms with Crippen LogP contribution in [0.2, 0.25) is 5.02 Å². The summed E-state index contributed by atoms with van der Waals surface area (Å²) in [5, 5.41) is 7.97. The van der Waals surface area contributed by atoms with Crippen LogP contribution >= 0.6 is 11.6 Å². The van der Waals surface area contributed by atoms with E-state index >= 15 is 0 Å². The van der Waals surface area contributed by atoms with Gasteiger partial charge >= 0.3 is 0 Å². The van der Waals surface area contributed by atoms with Crippen LogP contribution in [0.15, 0.2) is 21.6 Å². The first-order chi connectivity index (χ1) is 11.4. The molecule has 0 amide bonds. The number of anilines is 1. The standard InChI is InChI=1S/C13H16ClN5O4S/c1-2-11-17-18-13(23-11)9-7-19(3-4-22-9)24(20,21)10-5-8(14)6-16-12(10)15/h5-6,9H,2-4,7H2,1H3,(H2,15,16)/t9-/m1/s1. The number of morpholine rings is 1. The second kappa shape index (κ2) is 6.63. The first-order valence-corrected chi connectivity index (χ1v) is 9.08. The van der Waals surface area contributed by atoms with E-state index in [0.717, 1.165) is 0 Å². The van der Waals surface area contributed by atoms with Gasteiger partial charge < -0.3 is 14.9 Å². The van der Waals surface area contributed by atoms with Gasteiger partial charge in [0.2, 0.25) is 21.8 Å². The lowest BCUT2D eigenvalue weighted by molar-refractivity contribution is -0.0177. The third-order valence-corrected chi connectivity index (χ3v) is 5.66. The van der Waals surface area contributed by atoms with Gasteiger partial charge in [-0.1, -0.05) is 18.5 Å². The Morgan fingerprint density at radius 1 is 1.46 bits per heavy atom. The number of nitrogen functional groups attached to an aromatic ring is 1. The van der Waals surface area contributed by atoms with E-state index in [0.29, 0.717) is 12.3 Å². The number of aromatic nitrogens is 3. The molecule has 24 heavy (non-hydrogen) atoms. The van der Waals surface area contributed by atoms with Crippen molar-refractivity contribution in [3.05, 3.63) is 29.1 Å². The molecule has 0 radical (unpaired) electrons. The Balaban J connectivity index is 1.87. The molecule has 3 heterocycles. The van der Waals surface area contributed by atoms with Crippen molar-refractivity contribution in [3.8, 4) is 0 Å². The van der Waals surface area contributed by atoms with Gasteiger partial charge in [-0.25, -0.2) is 13.4 Å². The quantitative estimate of drug-likeness (QED) is 0.842. The fourth-order valence-corrected chi connectivity index (χ4v) is 4.05. The molecule has 2 N–H and O–H groups in total. The second-order valence-corrected chi connectivity index (χ2v) is 7.49. The maximum absolute atomic E-state index is 12.8. The number of nitrogens with two attached hydrogens (primary N) is 1. The highest BCUT2D eigenvalue weighted by Crippen LogP contribution is 2.28. The minimum absolute atomic E-state index is 0.0413. The molecule has 2 aromatic heterocycles. The van der Waals surface area contributed by atoms with Crippen molar-refractivity contribution in [2.24, 2.45) is 0 Å². The van der Waals surface area contributed by atoms with Gasteiger partial charge in [0.05, 0.1) is 11.6 Å². The topological polar surface area (TPSA) is 124 Å². The van der Waals surface area contributed by atoms with Crippen LogP contribution in [0, 0.1) is 0 Å². The van der Waals surface area contributed by atoms with Crippen LogP contribution in [0.1, 0.15) is 24.8 Å². The highest BCUT2D eigenvalue weighted by atomic mass is 35.5. The number of nitrogens with zero attached hydrogens (tertiary/aromatic N) is 4. The molecule has 3 rings (SSSR count). The lowest BCUT2D eigenvalue weighted by atomic mass is 10.3. The fourth-order valence-electron chi connectivity index (χ4n) is 2.31. The molecule has 11 heteroatoms. The molecule has 1 aliphatic rings. The fraction of sp³-hybridized carbons (Fsp3) is 0.462. The lowest BCUT2D eigenvalue weighted by Crippen LogP contribution is -2.42. The van der Waals surface area contributed by atoms with Crippen LogP contribution in [0.3, 0.4) is 0 Å². The zero-order valence-corrected chi connectivity index (χ0v) is 14.4. The Labute approximate surface area is 143 Å². The summed E-state index contributed by atoms with van der Waals surface area (Å²) in [6, 6.07) is 1.28. The molecule has 1 fully saturated rings. The highest BCUT2D eigenvalue weighted by Gasteiger charge is 2.35. The molecule has 1 saturated heterocycles. The summed E-state index contributed by atoms with van der Waals surface area (Å²) in [6.07, 6.45) is 1.25. The maximum atomic E-state index is 12.8. The number of pyridine rings is 1. The number of aryl methyl sites for hydroxylation is 1. The Morgan fingerprint density at radius 3 is 2.96 bits per heavy atom. The molecule has 0 aromatic carbocycles. The molecular weight excluding hydrogens is 358 g/mol. The molecule has 0 aliphatic carbocycles. The SMILES string of the molecule is CCc1nnc([C@H]2CN(S(=O)(=O)c3cc(Cl)cnc3N)CCO2)o1. The monoisotopic (exact) mass is 373 g/mol. The molecule has 9 nitrogen and oxygen atoms in total. The van der Waals surface area contributed by atoms with Crippen molar-refractivity contribution < 1.29 is 17.6 Å². The van der Waals surface area contributed by atoms with E-state index < -0.39 is 16.1 Å². The first-order valence-electron chi connectivity index (χ1n) is 7.27. The molecule has 1 aliphatic heterocycles. The van der Waals surface area contributed by atoms with Crippen molar-refractivity contribution in [1.29, 1.82) is 0 Å². The number of halogens is 1. The van der Waals surface area contributed by atoms with Gasteiger partial charge in [-0.2, -0.15) is 4.31 Å². The Bertz CT molecular complexity index is 841. The normalized spacial score (nSPS) is 19.5. The Kier molecular flexibility index (Phi) is 4.72. The summed E-state index contributed by atoms with van der Waals surface area (Å²) in [4.78, 5) is 3.67. The summed E-state index contributed by atoms with van der Waals surface area (Å²) in [6.45, 7) is 2.30. The zero-order chi connectivity index (χ0) is 17.3. The van der Waals surface area contributed by atoms with E-state index in [-0.39, 0.29) is 41.3 Å². The third kappa shape index (κ3) is 3.22. The second-order valence-electron chi connectivity index (χ2n) is 5.15. The van der Waals surface area contributed by atoms with E-state index in [9.17, 15) is 8.42 Å². The van der Waals surface area contributed by atoms with Gasteiger partial charge in [0.1, 0.15) is 16.8 Å². The Morgan fingerprint density at radius 2 is 2.25 bits per heavy atom. The summed E-state index contributed by atoms with van der Waals surface area (Å²) in [7, 11) is -3.86. The van der Waals surface area contributed by atoms with E-state index in [1.807, 2.05) is 6.92 Å². The van der Waals surface area contributed by atoms with Crippen LogP contribution in [-0.4, -0.2) is 47.6 Å². The summed E-state index contributed by atoms with van der Waals surface area (Å²) < 4.78 is 37.9. The van der Waals surface area contributed by atoms with Crippen LogP contribution in [0.5, 0.6) is 0 Å². The summed E-state index contributed by atoms with van der Waals surface area (Å²) in [5.74, 6) is 0.620. The molecule has 0 saturated carbocycles. The average Bonchev–Trinajstić information content (AvgIpc) is 3.06. The third-order valence-electron chi connectivity index (χ3n) is 3.56. The Hall–Kier alpha value is -1.75. The molecule has 0 unspecified atom stereocenters. The number of hydrogen-bond donors (Lipinski definition) is 1. The van der Waals surface area contributed by atoms with Gasteiger partial charge in [0.25, 0.3) is 0 Å². The lowest BCUT2D eigenvalue weighted by Gasteiger charge is -2.30.